The Hall–Kier alpha value is 0.680. The lowest BCUT2D eigenvalue weighted by Gasteiger charge is -2.40. The number of rotatable bonds is 5. The van der Waals surface area contributed by atoms with E-state index in [9.17, 15) is 0 Å². The van der Waals surface area contributed by atoms with E-state index < -0.39 is 17.8 Å². The van der Waals surface area contributed by atoms with E-state index in [1.165, 1.54) is 37.9 Å². The van der Waals surface area contributed by atoms with Gasteiger partial charge in [-0.05, 0) is 45.0 Å². The highest BCUT2D eigenvalue weighted by Crippen LogP contribution is 3.04. The molecule has 6 rings (SSSR count). The fourth-order valence-electron chi connectivity index (χ4n) is 3.90. The van der Waals surface area contributed by atoms with E-state index in [1.807, 2.05) is 56.1 Å². The van der Waals surface area contributed by atoms with Crippen LogP contribution in [0.3, 0.4) is 0 Å². The van der Waals surface area contributed by atoms with Crippen molar-refractivity contribution in [3.05, 3.63) is 114 Å². The summed E-state index contributed by atoms with van der Waals surface area (Å²) >= 11 is 31.2. The Bertz CT molecular complexity index is 1660. The maximum atomic E-state index is 5.91. The van der Waals surface area contributed by atoms with Crippen LogP contribution in [-0.2, 0) is 47.2 Å². The molecule has 0 spiro atoms. The van der Waals surface area contributed by atoms with Gasteiger partial charge in [0.15, 0.2) is 0 Å². The topological polar surface area (TPSA) is 9.23 Å². The van der Waals surface area contributed by atoms with Crippen LogP contribution in [0, 0.1) is 20.8 Å². The molecule has 41 heavy (non-hydrogen) atoms. The Morgan fingerprint density at radius 2 is 0.634 bits per heavy atom. The predicted molar refractivity (Wildman–Crippen MR) is 213 cm³/mol. The van der Waals surface area contributed by atoms with Gasteiger partial charge >= 0.3 is 0 Å². The third-order valence-corrected chi connectivity index (χ3v) is 68.8. The molecule has 0 unspecified atom stereocenters. The molecule has 2 saturated heterocycles. The van der Waals surface area contributed by atoms with Gasteiger partial charge in [0.1, 0.15) is 5.75 Å². The average molecular weight is 761 g/mol. The Morgan fingerprint density at radius 1 is 0.415 bits per heavy atom. The van der Waals surface area contributed by atoms with Gasteiger partial charge in [-0.25, -0.2) is 0 Å². The molecule has 2 aliphatic rings. The minimum absolute atomic E-state index is 0.869. The van der Waals surface area contributed by atoms with Crippen LogP contribution in [0.25, 0.3) is 0 Å². The molecule has 0 aromatic heterocycles. The van der Waals surface area contributed by atoms with Crippen molar-refractivity contribution in [3.8, 4) is 5.75 Å². The third kappa shape index (κ3) is 7.40. The van der Waals surface area contributed by atoms with E-state index in [0.717, 1.165) is 5.75 Å². The molecule has 2 aliphatic heterocycles. The summed E-state index contributed by atoms with van der Waals surface area (Å²) < 4.78 is -1.11. The molecule has 0 radical (unpaired) electrons. The van der Waals surface area contributed by atoms with Crippen LogP contribution >= 0.6 is 61.8 Å². The summed E-state index contributed by atoms with van der Waals surface area (Å²) in [6.45, 7) is 6.31. The fraction of sp³-hybridized carbons (Fsp3) is 0.143. The number of methoxy groups -OCH3 is 1. The van der Waals surface area contributed by atoms with E-state index >= 15 is 0 Å². The first-order chi connectivity index (χ1) is 19.4. The van der Waals surface area contributed by atoms with Gasteiger partial charge in [0.2, 0.25) is 0 Å². The second kappa shape index (κ2) is 13.2. The van der Waals surface area contributed by atoms with Crippen molar-refractivity contribution in [2.24, 2.45) is 0 Å². The summed E-state index contributed by atoms with van der Waals surface area (Å²) in [5.41, 5.74) is 3.83. The van der Waals surface area contributed by atoms with Gasteiger partial charge in [-0.3, -0.25) is 0 Å². The van der Waals surface area contributed by atoms with E-state index in [4.69, 9.17) is 52.0 Å². The molecule has 2 fully saturated rings. The van der Waals surface area contributed by atoms with Crippen molar-refractivity contribution in [2.75, 3.05) is 7.11 Å². The highest BCUT2D eigenvalue weighted by atomic mass is 33.7. The van der Waals surface area contributed by atoms with Gasteiger partial charge in [-0.1, -0.05) is 181 Å². The maximum Gasteiger partial charge on any atom is 0.118 e. The Morgan fingerprint density at radius 3 is 0.854 bits per heavy atom. The molecule has 4 aromatic rings. The molecule has 0 aliphatic carbocycles. The summed E-state index contributed by atoms with van der Waals surface area (Å²) in [7, 11) is 1.68. The summed E-state index contributed by atoms with van der Waals surface area (Å²) in [4.78, 5) is 0. The van der Waals surface area contributed by atoms with Crippen LogP contribution in [0.15, 0.2) is 97.1 Å². The second-order valence-electron chi connectivity index (χ2n) is 9.52. The van der Waals surface area contributed by atoms with Gasteiger partial charge < -0.3 is 4.74 Å². The van der Waals surface area contributed by atoms with Crippen molar-refractivity contribution in [3.63, 3.8) is 0 Å². The maximum absolute atomic E-state index is 5.91. The average Bonchev–Trinajstić information content (AvgIpc) is 2.93. The zero-order valence-electron chi connectivity index (χ0n) is 22.7. The Kier molecular flexibility index (Phi) is 10.6. The lowest BCUT2D eigenvalue weighted by molar-refractivity contribution is 0.415. The van der Waals surface area contributed by atoms with Crippen molar-refractivity contribution >= 4 is 130 Å². The smallest absolute Gasteiger partial charge is 0.118 e. The summed E-state index contributed by atoms with van der Waals surface area (Å²) in [6.07, 6.45) is 0. The zero-order chi connectivity index (χ0) is 29.5. The lowest BCUT2D eigenvalue weighted by Crippen LogP contribution is -2.09. The number of benzene rings is 4. The van der Waals surface area contributed by atoms with Crippen molar-refractivity contribution in [1.82, 2.24) is 0 Å². The van der Waals surface area contributed by atoms with Gasteiger partial charge in [0.25, 0.3) is 0 Å². The molecule has 0 amide bonds. The van der Waals surface area contributed by atoms with Crippen LogP contribution in [0.5, 0.6) is 5.75 Å². The molecular weight excluding hydrogens is 733 g/mol. The van der Waals surface area contributed by atoms with Crippen molar-refractivity contribution in [1.29, 1.82) is 0 Å². The molecule has 214 valence electrons. The van der Waals surface area contributed by atoms with E-state index in [0.29, 0.717) is 0 Å². The van der Waals surface area contributed by atoms with Gasteiger partial charge in [0, 0.05) is 21.2 Å². The molecule has 0 N–H and O–H groups in total. The lowest BCUT2D eigenvalue weighted by atomic mass is 10.2. The van der Waals surface area contributed by atoms with E-state index in [1.54, 1.807) is 7.11 Å². The molecule has 13 heteroatoms. The Balaban J connectivity index is 0.000000165. The molecular formula is C28H28OP4S8. The first-order valence-corrected chi connectivity index (χ1v) is 31.8. The second-order valence-corrected chi connectivity index (χ2v) is 52.1. The highest BCUT2D eigenvalue weighted by molar-refractivity contribution is 9.48. The van der Waals surface area contributed by atoms with Crippen LogP contribution in [0.1, 0.15) is 16.7 Å². The first kappa shape index (κ1) is 33.1. The quantitative estimate of drug-likeness (QED) is 0.182. The Labute approximate surface area is 279 Å². The van der Waals surface area contributed by atoms with Crippen molar-refractivity contribution < 1.29 is 4.74 Å². The molecule has 4 aromatic carbocycles. The SMILES string of the molecule is COc1ccc(P2(=S)SP(=S)(c3ccc(C)cc3)S2)cc1.Cc1ccc(P2(=S)SP(=S)(c3ccc(C)cc3)S2)cc1. The standard InChI is InChI=1S/C14H14OP2S4.C14H14P2S4/c1-11-3-7-13(8-4-11)16(18)20-17(19,21-16)14-9-5-12(15-2)6-10-14;1-11-3-7-13(8-4-11)15(17)19-16(18,20-15)14-9-5-12(2)6-10-14/h3-10H,1-2H3;3-10H,1-2H3. The van der Waals surface area contributed by atoms with Crippen molar-refractivity contribution in [2.45, 2.75) is 20.8 Å². The van der Waals surface area contributed by atoms with Gasteiger partial charge in [-0.15, -0.1) is 0 Å². The summed E-state index contributed by atoms with van der Waals surface area (Å²) in [5, 5.41) is 5.13. The summed E-state index contributed by atoms with van der Waals surface area (Å²) in [5.74, 6) is 0.869. The monoisotopic (exact) mass is 760 g/mol. The molecule has 0 saturated carbocycles. The van der Waals surface area contributed by atoms with Gasteiger partial charge in [0.05, 0.1) is 24.9 Å². The molecule has 2 heterocycles. The minimum atomic E-state index is -1.62. The third-order valence-electron chi connectivity index (χ3n) is 6.30. The largest absolute Gasteiger partial charge is 0.497 e. The highest BCUT2D eigenvalue weighted by Gasteiger charge is 2.46. The molecule has 0 atom stereocenters. The summed E-state index contributed by atoms with van der Waals surface area (Å²) in [6, 6.07) is 34.1. The zero-order valence-corrected chi connectivity index (χ0v) is 32.8. The molecule has 1 nitrogen and oxygen atoms in total. The fourth-order valence-corrected chi connectivity index (χ4v) is 88.5. The normalized spacial score (nSPS) is 28.4. The van der Waals surface area contributed by atoms with Crippen LogP contribution in [-0.4, -0.2) is 7.11 Å². The van der Waals surface area contributed by atoms with Crippen LogP contribution in [0.4, 0.5) is 0 Å². The van der Waals surface area contributed by atoms with Crippen LogP contribution in [0.2, 0.25) is 0 Å². The predicted octanol–water partition coefficient (Wildman–Crippen LogP) is 10.4. The first-order valence-electron chi connectivity index (χ1n) is 12.5. The van der Waals surface area contributed by atoms with Crippen LogP contribution < -0.4 is 26.0 Å². The minimum Gasteiger partial charge on any atom is -0.497 e. The molecule has 0 bridgehead atoms. The number of ether oxygens (including phenoxy) is 1. The van der Waals surface area contributed by atoms with E-state index in [2.05, 4.69) is 106 Å². The van der Waals surface area contributed by atoms with Gasteiger partial charge in [-0.2, -0.15) is 0 Å². The number of hydrogen-bond acceptors (Lipinski definition) is 9. The number of aryl methyl sites for hydroxylation is 3. The number of hydrogen-bond donors (Lipinski definition) is 0. The van der Waals surface area contributed by atoms with E-state index in [-0.39, 0.29) is 0 Å².